The summed E-state index contributed by atoms with van der Waals surface area (Å²) in [7, 11) is 0. The van der Waals surface area contributed by atoms with Crippen LogP contribution in [0.25, 0.3) is 0 Å². The second kappa shape index (κ2) is 10.5. The normalized spacial score (nSPS) is 14.9. The number of Topliss-reactive ketones (excluding diaryl/α,β-unsaturated/α-hetero) is 1. The van der Waals surface area contributed by atoms with Gasteiger partial charge in [-0.05, 0) is 43.3 Å². The minimum absolute atomic E-state index is 0.0886. The van der Waals surface area contributed by atoms with Gasteiger partial charge in [-0.3, -0.25) is 24.3 Å². The molecule has 1 aliphatic carbocycles. The zero-order valence-corrected chi connectivity index (χ0v) is 19.3. The van der Waals surface area contributed by atoms with Crippen LogP contribution in [0.15, 0.2) is 60.4 Å². The molecule has 1 saturated carbocycles. The number of hydrogen-bond donors (Lipinski definition) is 1. The number of anilines is 1. The van der Waals surface area contributed by atoms with Gasteiger partial charge < -0.3 is 5.32 Å². The number of benzene rings is 1. The summed E-state index contributed by atoms with van der Waals surface area (Å²) < 4.78 is 0. The molecule has 4 rings (SSSR count). The summed E-state index contributed by atoms with van der Waals surface area (Å²) in [6.45, 7) is 1.47. The van der Waals surface area contributed by atoms with Gasteiger partial charge in [-0.1, -0.05) is 37.5 Å². The average Bonchev–Trinajstić information content (AvgIpc) is 3.37. The summed E-state index contributed by atoms with van der Waals surface area (Å²) in [5.74, 6) is -0.820. The van der Waals surface area contributed by atoms with E-state index < -0.39 is 11.9 Å². The number of hydrogen-bond acceptors (Lipinski definition) is 6. The third-order valence-electron chi connectivity index (χ3n) is 5.80. The Kier molecular flexibility index (Phi) is 7.24. The van der Waals surface area contributed by atoms with Crippen molar-refractivity contribution in [1.82, 2.24) is 15.3 Å². The van der Waals surface area contributed by atoms with Crippen molar-refractivity contribution in [2.24, 2.45) is 0 Å². The maximum atomic E-state index is 13.7. The molecule has 1 fully saturated rings. The van der Waals surface area contributed by atoms with Gasteiger partial charge in [0.25, 0.3) is 5.91 Å². The highest BCUT2D eigenvalue weighted by Crippen LogP contribution is 2.33. The van der Waals surface area contributed by atoms with Crippen LogP contribution in [0.2, 0.25) is 0 Å². The second-order valence-electron chi connectivity index (χ2n) is 8.13. The van der Waals surface area contributed by atoms with Gasteiger partial charge in [0.1, 0.15) is 5.69 Å². The first-order valence-electron chi connectivity index (χ1n) is 11.1. The van der Waals surface area contributed by atoms with E-state index in [-0.39, 0.29) is 23.4 Å². The molecule has 1 aliphatic rings. The summed E-state index contributed by atoms with van der Waals surface area (Å²) in [5, 5.41) is 5.05. The molecule has 7 nitrogen and oxygen atoms in total. The molecule has 0 aliphatic heterocycles. The summed E-state index contributed by atoms with van der Waals surface area (Å²) >= 11 is 1.41. The maximum absolute atomic E-state index is 13.7. The minimum Gasteiger partial charge on any atom is -0.351 e. The van der Waals surface area contributed by atoms with Crippen molar-refractivity contribution in [3.05, 3.63) is 76.5 Å². The largest absolute Gasteiger partial charge is 0.351 e. The molecule has 0 spiro atoms. The molecule has 0 unspecified atom stereocenters. The highest BCUT2D eigenvalue weighted by Gasteiger charge is 2.36. The van der Waals surface area contributed by atoms with Gasteiger partial charge >= 0.3 is 0 Å². The number of aromatic nitrogens is 2. The molecule has 0 radical (unpaired) electrons. The Morgan fingerprint density at radius 3 is 2.58 bits per heavy atom. The molecule has 0 bridgehead atoms. The van der Waals surface area contributed by atoms with Gasteiger partial charge in [0.05, 0.1) is 6.20 Å². The Balaban J connectivity index is 1.79. The Hall–Kier alpha value is -3.39. The Bertz CT molecular complexity index is 1110. The maximum Gasteiger partial charge on any atom is 0.279 e. The van der Waals surface area contributed by atoms with Crippen LogP contribution in [0.3, 0.4) is 0 Å². The fourth-order valence-corrected chi connectivity index (χ4v) is 4.95. The van der Waals surface area contributed by atoms with Crippen LogP contribution in [-0.2, 0) is 4.79 Å². The number of amides is 2. The standard InChI is InChI=1S/C25H26N4O3S/c1-17(30)18-7-5-10-20(15-18)29(25(32)21-16-26-12-13-27-21)23(22-11-6-14-33-22)24(31)28-19-8-3-2-4-9-19/h5-7,10-16,19,23H,2-4,8-9H2,1H3,(H,28,31)/t23-/m0/s1. The third kappa shape index (κ3) is 5.34. The fourth-order valence-electron chi connectivity index (χ4n) is 4.14. The number of carbonyl (C=O) groups excluding carboxylic acids is 3. The highest BCUT2D eigenvalue weighted by atomic mass is 32.1. The molecule has 0 saturated heterocycles. The van der Waals surface area contributed by atoms with E-state index in [1.165, 1.54) is 48.2 Å². The van der Waals surface area contributed by atoms with Crippen molar-refractivity contribution < 1.29 is 14.4 Å². The smallest absolute Gasteiger partial charge is 0.279 e. The lowest BCUT2D eigenvalue weighted by Gasteiger charge is -2.32. The lowest BCUT2D eigenvalue weighted by Crippen LogP contribution is -2.47. The number of rotatable bonds is 7. The Labute approximate surface area is 196 Å². The molecule has 3 aromatic rings. The molecule has 33 heavy (non-hydrogen) atoms. The summed E-state index contributed by atoms with van der Waals surface area (Å²) in [5.41, 5.74) is 1.04. The zero-order valence-electron chi connectivity index (χ0n) is 18.4. The van der Waals surface area contributed by atoms with Crippen molar-refractivity contribution in [2.75, 3.05) is 4.90 Å². The monoisotopic (exact) mass is 462 g/mol. The van der Waals surface area contributed by atoms with Gasteiger partial charge in [0.15, 0.2) is 11.8 Å². The lowest BCUT2D eigenvalue weighted by atomic mass is 9.95. The molecular formula is C25H26N4O3S. The van der Waals surface area contributed by atoms with Gasteiger partial charge in [-0.15, -0.1) is 11.3 Å². The molecular weight excluding hydrogens is 436 g/mol. The molecule has 2 aromatic heterocycles. The van der Waals surface area contributed by atoms with Crippen LogP contribution in [0.1, 0.15) is 70.8 Å². The lowest BCUT2D eigenvalue weighted by molar-refractivity contribution is -0.123. The minimum atomic E-state index is -0.899. The summed E-state index contributed by atoms with van der Waals surface area (Å²) in [6, 6.07) is 9.68. The van der Waals surface area contributed by atoms with Crippen molar-refractivity contribution in [2.45, 2.75) is 51.1 Å². The first-order chi connectivity index (χ1) is 16.0. The van der Waals surface area contributed by atoms with E-state index >= 15 is 0 Å². The van der Waals surface area contributed by atoms with Crippen molar-refractivity contribution in [1.29, 1.82) is 0 Å². The number of nitrogens with one attached hydrogen (secondary N) is 1. The number of nitrogens with zero attached hydrogens (tertiary/aromatic N) is 3. The van der Waals surface area contributed by atoms with Crippen molar-refractivity contribution in [3.8, 4) is 0 Å². The second-order valence-corrected chi connectivity index (χ2v) is 9.11. The molecule has 2 heterocycles. The fraction of sp³-hybridized carbons (Fsp3) is 0.320. The van der Waals surface area contributed by atoms with Gasteiger partial charge in [0.2, 0.25) is 5.91 Å². The highest BCUT2D eigenvalue weighted by molar-refractivity contribution is 7.10. The van der Waals surface area contributed by atoms with E-state index in [4.69, 9.17) is 0 Å². The van der Waals surface area contributed by atoms with Gasteiger partial charge in [-0.25, -0.2) is 4.98 Å². The Morgan fingerprint density at radius 2 is 1.91 bits per heavy atom. The quantitative estimate of drug-likeness (QED) is 0.519. The first kappa shape index (κ1) is 22.8. The topological polar surface area (TPSA) is 92.3 Å². The first-order valence-corrected chi connectivity index (χ1v) is 12.0. The Morgan fingerprint density at radius 1 is 1.09 bits per heavy atom. The van der Waals surface area contributed by atoms with Crippen molar-refractivity contribution in [3.63, 3.8) is 0 Å². The van der Waals surface area contributed by atoms with E-state index in [0.29, 0.717) is 11.3 Å². The van der Waals surface area contributed by atoms with Crippen molar-refractivity contribution >= 4 is 34.6 Å². The predicted octanol–water partition coefficient (Wildman–Crippen LogP) is 4.58. The molecule has 1 N–H and O–H groups in total. The van der Waals surface area contributed by atoms with Gasteiger partial charge in [0, 0.05) is 34.6 Å². The van der Waals surface area contributed by atoms with E-state index in [9.17, 15) is 14.4 Å². The third-order valence-corrected chi connectivity index (χ3v) is 6.73. The molecule has 2 amide bonds. The summed E-state index contributed by atoms with van der Waals surface area (Å²) in [4.78, 5) is 49.8. The van der Waals surface area contributed by atoms with E-state index in [2.05, 4.69) is 15.3 Å². The van der Waals surface area contributed by atoms with Crippen LogP contribution in [0.5, 0.6) is 0 Å². The van der Waals surface area contributed by atoms with Crippen LogP contribution in [-0.4, -0.2) is 33.6 Å². The van der Waals surface area contributed by atoms with E-state index in [0.717, 1.165) is 30.6 Å². The SMILES string of the molecule is CC(=O)c1cccc(N(C(=O)c2cnccn2)[C@H](C(=O)NC2CCCCC2)c2cccs2)c1. The zero-order chi connectivity index (χ0) is 23.2. The molecule has 8 heteroatoms. The van der Waals surface area contributed by atoms with Crippen LogP contribution < -0.4 is 10.2 Å². The number of ketones is 1. The molecule has 170 valence electrons. The molecule has 1 atom stereocenters. The number of carbonyl (C=O) groups is 3. The van der Waals surface area contributed by atoms with E-state index in [1.807, 2.05) is 17.5 Å². The van der Waals surface area contributed by atoms with Crippen LogP contribution in [0.4, 0.5) is 5.69 Å². The molecule has 1 aromatic carbocycles. The van der Waals surface area contributed by atoms with Gasteiger partial charge in [-0.2, -0.15) is 0 Å². The predicted molar refractivity (Wildman–Crippen MR) is 127 cm³/mol. The summed E-state index contributed by atoms with van der Waals surface area (Å²) in [6.07, 6.45) is 9.52. The van der Waals surface area contributed by atoms with E-state index in [1.54, 1.807) is 24.3 Å². The number of thiophene rings is 1. The average molecular weight is 463 g/mol. The van der Waals surface area contributed by atoms with Crippen LogP contribution in [0, 0.1) is 0 Å². The van der Waals surface area contributed by atoms with Crippen LogP contribution >= 0.6 is 11.3 Å².